The van der Waals surface area contributed by atoms with Crippen LogP contribution in [0.15, 0.2) is 60.8 Å². The lowest BCUT2D eigenvalue weighted by atomic mass is 10.1. The van der Waals surface area contributed by atoms with Crippen molar-refractivity contribution < 1.29 is 4.74 Å². The van der Waals surface area contributed by atoms with E-state index in [9.17, 15) is 0 Å². The number of nitrogens with one attached hydrogen (secondary N) is 1. The van der Waals surface area contributed by atoms with Gasteiger partial charge in [0, 0.05) is 37.0 Å². The van der Waals surface area contributed by atoms with Crippen LogP contribution in [-0.2, 0) is 13.1 Å². The van der Waals surface area contributed by atoms with Crippen LogP contribution in [0.1, 0.15) is 25.0 Å². The van der Waals surface area contributed by atoms with Crippen molar-refractivity contribution in [1.82, 2.24) is 20.0 Å². The van der Waals surface area contributed by atoms with E-state index in [-0.39, 0.29) is 6.10 Å². The first-order valence-electron chi connectivity index (χ1n) is 10.3. The van der Waals surface area contributed by atoms with Gasteiger partial charge in [-0.05, 0) is 57.8 Å². The first kappa shape index (κ1) is 21.1. The van der Waals surface area contributed by atoms with E-state index in [1.54, 1.807) is 0 Å². The molecule has 0 aliphatic heterocycles. The number of likely N-dealkylation sites (N-methyl/N-ethyl adjacent to an activating group) is 2. The average molecular weight is 393 g/mol. The van der Waals surface area contributed by atoms with Gasteiger partial charge in [-0.3, -0.25) is 4.68 Å². The monoisotopic (exact) mass is 392 g/mol. The predicted octanol–water partition coefficient (Wildman–Crippen LogP) is 4.04. The van der Waals surface area contributed by atoms with Crippen LogP contribution in [0.4, 0.5) is 0 Å². The number of hydrogen-bond donors (Lipinski definition) is 1. The Bertz CT molecular complexity index is 872. The molecule has 0 saturated carbocycles. The first-order valence-corrected chi connectivity index (χ1v) is 10.3. The Balaban J connectivity index is 1.86. The van der Waals surface area contributed by atoms with Crippen LogP contribution in [0.25, 0.3) is 11.3 Å². The van der Waals surface area contributed by atoms with Gasteiger partial charge in [0.1, 0.15) is 5.75 Å². The molecule has 0 spiro atoms. The van der Waals surface area contributed by atoms with Crippen molar-refractivity contribution >= 4 is 0 Å². The van der Waals surface area contributed by atoms with Gasteiger partial charge in [0.05, 0.1) is 18.3 Å². The van der Waals surface area contributed by atoms with Crippen molar-refractivity contribution in [3.63, 3.8) is 0 Å². The second-order valence-electron chi connectivity index (χ2n) is 7.72. The topological polar surface area (TPSA) is 42.3 Å². The summed E-state index contributed by atoms with van der Waals surface area (Å²) in [6.45, 7) is 7.65. The number of nitrogens with zero attached hydrogens (tertiary/aromatic N) is 3. The Morgan fingerprint density at radius 3 is 2.45 bits per heavy atom. The quantitative estimate of drug-likeness (QED) is 0.566. The summed E-state index contributed by atoms with van der Waals surface area (Å²) in [5.41, 5.74) is 4.63. The summed E-state index contributed by atoms with van der Waals surface area (Å²) < 4.78 is 7.83. The molecule has 1 N–H and O–H groups in total. The minimum atomic E-state index is 0.169. The predicted molar refractivity (Wildman–Crippen MR) is 119 cm³/mol. The Hall–Kier alpha value is -2.63. The lowest BCUT2D eigenvalue weighted by Gasteiger charge is -2.16. The Morgan fingerprint density at radius 2 is 1.79 bits per heavy atom. The number of hydrogen-bond acceptors (Lipinski definition) is 4. The third-order valence-electron chi connectivity index (χ3n) is 4.71. The van der Waals surface area contributed by atoms with Crippen LogP contribution in [0.5, 0.6) is 5.75 Å². The highest BCUT2D eigenvalue weighted by Gasteiger charge is 2.14. The van der Waals surface area contributed by atoms with Crippen LogP contribution in [0, 0.1) is 0 Å². The van der Waals surface area contributed by atoms with E-state index in [2.05, 4.69) is 59.9 Å². The first-order chi connectivity index (χ1) is 14.0. The number of rotatable bonds is 10. The molecule has 0 aliphatic carbocycles. The molecule has 3 rings (SSSR count). The molecule has 0 unspecified atom stereocenters. The highest BCUT2D eigenvalue weighted by atomic mass is 16.5. The summed E-state index contributed by atoms with van der Waals surface area (Å²) in [4.78, 5) is 2.32. The Morgan fingerprint density at radius 1 is 1.07 bits per heavy atom. The highest BCUT2D eigenvalue weighted by molar-refractivity contribution is 5.63. The molecule has 154 valence electrons. The molecule has 5 nitrogen and oxygen atoms in total. The van der Waals surface area contributed by atoms with Gasteiger partial charge in [-0.15, -0.1) is 0 Å². The van der Waals surface area contributed by atoms with E-state index in [4.69, 9.17) is 9.84 Å². The van der Waals surface area contributed by atoms with Crippen LogP contribution < -0.4 is 10.1 Å². The molecule has 1 aromatic heterocycles. The lowest BCUT2D eigenvalue weighted by molar-refractivity contribution is 0.242. The summed E-state index contributed by atoms with van der Waals surface area (Å²) >= 11 is 0. The fourth-order valence-electron chi connectivity index (χ4n) is 3.31. The molecule has 5 heteroatoms. The third-order valence-corrected chi connectivity index (χ3v) is 4.71. The maximum atomic E-state index is 5.79. The molecule has 0 amide bonds. The smallest absolute Gasteiger partial charge is 0.119 e. The minimum absolute atomic E-state index is 0.169. The van der Waals surface area contributed by atoms with E-state index in [1.165, 1.54) is 11.1 Å². The molecular formula is C24H32N4O. The van der Waals surface area contributed by atoms with Crippen LogP contribution >= 0.6 is 0 Å². The van der Waals surface area contributed by atoms with Crippen molar-refractivity contribution in [2.45, 2.75) is 33.0 Å². The minimum Gasteiger partial charge on any atom is -0.491 e. The summed E-state index contributed by atoms with van der Waals surface area (Å²) in [7, 11) is 4.13. The molecule has 0 fully saturated rings. The van der Waals surface area contributed by atoms with E-state index in [0.29, 0.717) is 0 Å². The van der Waals surface area contributed by atoms with Crippen molar-refractivity contribution in [3.05, 3.63) is 71.9 Å². The Kier molecular flexibility index (Phi) is 7.44. The molecular weight excluding hydrogens is 360 g/mol. The van der Waals surface area contributed by atoms with E-state index in [0.717, 1.165) is 43.2 Å². The van der Waals surface area contributed by atoms with E-state index in [1.807, 2.05) is 43.8 Å². The maximum absolute atomic E-state index is 5.79. The molecule has 1 heterocycles. The Labute approximate surface area is 174 Å². The van der Waals surface area contributed by atoms with Gasteiger partial charge < -0.3 is 15.0 Å². The maximum Gasteiger partial charge on any atom is 0.119 e. The van der Waals surface area contributed by atoms with Gasteiger partial charge in [0.2, 0.25) is 0 Å². The molecule has 2 aromatic carbocycles. The summed E-state index contributed by atoms with van der Waals surface area (Å²) in [6, 6.07) is 18.7. The lowest BCUT2D eigenvalue weighted by Crippen LogP contribution is -2.27. The second-order valence-corrected chi connectivity index (χ2v) is 7.72. The van der Waals surface area contributed by atoms with Crippen molar-refractivity contribution in [1.29, 1.82) is 0 Å². The standard InChI is InChI=1S/C24H32N4O/c1-19(2)29-23-12-10-21(11-13-23)24-22(17-27(4)15-14-25-3)18-28(26-24)16-20-8-6-5-7-9-20/h5-13,18-19,25H,14-17H2,1-4H3. The van der Waals surface area contributed by atoms with Gasteiger partial charge in [-0.2, -0.15) is 5.10 Å². The SMILES string of the molecule is CNCCN(C)Cc1cn(Cc2ccccc2)nc1-c1ccc(OC(C)C)cc1. The normalized spacial score (nSPS) is 11.4. The zero-order chi connectivity index (χ0) is 20.6. The largest absolute Gasteiger partial charge is 0.491 e. The summed E-state index contributed by atoms with van der Waals surface area (Å²) in [5, 5.41) is 8.15. The van der Waals surface area contributed by atoms with Crippen LogP contribution in [-0.4, -0.2) is 48.0 Å². The van der Waals surface area contributed by atoms with Gasteiger partial charge >= 0.3 is 0 Å². The third kappa shape index (κ3) is 6.17. The summed E-state index contributed by atoms with van der Waals surface area (Å²) in [6.07, 6.45) is 2.35. The summed E-state index contributed by atoms with van der Waals surface area (Å²) in [5.74, 6) is 0.889. The fourth-order valence-corrected chi connectivity index (χ4v) is 3.31. The number of aromatic nitrogens is 2. The van der Waals surface area contributed by atoms with E-state index < -0.39 is 0 Å². The molecule has 0 radical (unpaired) electrons. The molecule has 0 aliphatic rings. The van der Waals surface area contributed by atoms with Crippen molar-refractivity contribution in [2.24, 2.45) is 0 Å². The average Bonchev–Trinajstić information content (AvgIpc) is 3.09. The zero-order valence-electron chi connectivity index (χ0n) is 17.9. The molecule has 0 bridgehead atoms. The number of benzene rings is 2. The second kappa shape index (κ2) is 10.2. The number of ether oxygens (including phenoxy) is 1. The highest BCUT2D eigenvalue weighted by Crippen LogP contribution is 2.26. The van der Waals surface area contributed by atoms with Crippen LogP contribution in [0.2, 0.25) is 0 Å². The van der Waals surface area contributed by atoms with Gasteiger partial charge in [0.15, 0.2) is 0 Å². The molecule has 0 atom stereocenters. The molecule has 0 saturated heterocycles. The molecule has 29 heavy (non-hydrogen) atoms. The van der Waals surface area contributed by atoms with Crippen LogP contribution in [0.3, 0.4) is 0 Å². The van der Waals surface area contributed by atoms with E-state index >= 15 is 0 Å². The fraction of sp³-hybridized carbons (Fsp3) is 0.375. The van der Waals surface area contributed by atoms with Gasteiger partial charge in [-0.25, -0.2) is 0 Å². The van der Waals surface area contributed by atoms with Crippen molar-refractivity contribution in [2.75, 3.05) is 27.2 Å². The molecule has 3 aromatic rings. The van der Waals surface area contributed by atoms with Crippen molar-refractivity contribution in [3.8, 4) is 17.0 Å². The van der Waals surface area contributed by atoms with Gasteiger partial charge in [-0.1, -0.05) is 30.3 Å². The van der Waals surface area contributed by atoms with Gasteiger partial charge in [0.25, 0.3) is 0 Å². The zero-order valence-corrected chi connectivity index (χ0v) is 17.9.